The lowest BCUT2D eigenvalue weighted by atomic mass is 10.0. The Hall–Kier alpha value is -0.570. The number of carbonyl (C=O) groups excluding carboxylic acids is 1. The van der Waals surface area contributed by atoms with Crippen molar-refractivity contribution in [2.24, 2.45) is 5.92 Å². The fourth-order valence-corrected chi connectivity index (χ4v) is 2.07. The third kappa shape index (κ3) is 3.78. The lowest BCUT2D eigenvalue weighted by Crippen LogP contribution is -2.47. The summed E-state index contributed by atoms with van der Waals surface area (Å²) in [5, 5.41) is 0. The Morgan fingerprint density at radius 1 is 1.38 bits per heavy atom. The maximum atomic E-state index is 12.1. The highest BCUT2D eigenvalue weighted by Crippen LogP contribution is 2.18. The van der Waals surface area contributed by atoms with Crippen molar-refractivity contribution in [3.63, 3.8) is 0 Å². The van der Waals surface area contributed by atoms with E-state index < -0.39 is 0 Å². The Morgan fingerprint density at radius 2 is 2.06 bits per heavy atom. The summed E-state index contributed by atoms with van der Waals surface area (Å²) in [6, 6.07) is 0.381. The van der Waals surface area contributed by atoms with Gasteiger partial charge in [0.25, 0.3) is 5.91 Å². The number of rotatable bonds is 4. The Balaban J connectivity index is 2.42. The van der Waals surface area contributed by atoms with Gasteiger partial charge in [0, 0.05) is 19.2 Å². The molecule has 0 aliphatic carbocycles. The van der Waals surface area contributed by atoms with E-state index in [1.807, 2.05) is 11.8 Å². The molecule has 0 radical (unpaired) electrons. The Bertz CT molecular complexity index is 228. The maximum absolute atomic E-state index is 12.1. The van der Waals surface area contributed by atoms with Crippen molar-refractivity contribution in [2.75, 3.05) is 13.2 Å². The fourth-order valence-electron chi connectivity index (χ4n) is 2.07. The average Bonchev–Trinajstić information content (AvgIpc) is 2.25. The van der Waals surface area contributed by atoms with Crippen molar-refractivity contribution in [2.45, 2.75) is 59.1 Å². The van der Waals surface area contributed by atoms with Gasteiger partial charge in [-0.05, 0) is 39.0 Å². The summed E-state index contributed by atoms with van der Waals surface area (Å²) in [4.78, 5) is 14.1. The molecule has 3 heteroatoms. The molecule has 0 aromatic heterocycles. The quantitative estimate of drug-likeness (QED) is 0.738. The zero-order chi connectivity index (χ0) is 12.1. The molecule has 0 bridgehead atoms. The van der Waals surface area contributed by atoms with Gasteiger partial charge in [-0.2, -0.15) is 0 Å². The van der Waals surface area contributed by atoms with Crippen LogP contribution >= 0.6 is 0 Å². The first kappa shape index (κ1) is 13.5. The van der Waals surface area contributed by atoms with Gasteiger partial charge in [0.15, 0.2) is 0 Å². The normalized spacial score (nSPS) is 23.6. The molecule has 3 nitrogen and oxygen atoms in total. The summed E-state index contributed by atoms with van der Waals surface area (Å²) < 4.78 is 5.58. The van der Waals surface area contributed by atoms with Crippen molar-refractivity contribution in [1.29, 1.82) is 0 Å². The number of hydrogen-bond acceptors (Lipinski definition) is 2. The van der Waals surface area contributed by atoms with E-state index in [4.69, 9.17) is 4.74 Å². The second-order valence-electron chi connectivity index (χ2n) is 5.25. The second-order valence-corrected chi connectivity index (χ2v) is 5.25. The predicted molar refractivity (Wildman–Crippen MR) is 65.3 cm³/mol. The molecule has 2 atom stereocenters. The monoisotopic (exact) mass is 227 g/mol. The smallest absolute Gasteiger partial charge is 0.251 e. The Morgan fingerprint density at radius 3 is 2.62 bits per heavy atom. The number of piperidine rings is 1. The molecule has 0 spiro atoms. The number of nitrogens with zero attached hydrogens (tertiary/aromatic N) is 1. The highest BCUT2D eigenvalue weighted by molar-refractivity contribution is 5.80. The molecule has 2 unspecified atom stereocenters. The number of amides is 1. The van der Waals surface area contributed by atoms with Crippen molar-refractivity contribution in [3.05, 3.63) is 0 Å². The molecular formula is C13H25NO2. The van der Waals surface area contributed by atoms with E-state index in [-0.39, 0.29) is 12.0 Å². The highest BCUT2D eigenvalue weighted by Gasteiger charge is 2.27. The van der Waals surface area contributed by atoms with Crippen LogP contribution in [0.25, 0.3) is 0 Å². The molecule has 1 amide bonds. The standard InChI is InChI=1S/C13H25NO2/c1-10(2)9-16-12(4)13(15)14-8-6-5-7-11(14)3/h10-12H,5-9H2,1-4H3. The van der Waals surface area contributed by atoms with Crippen molar-refractivity contribution >= 4 is 5.91 Å². The van der Waals surface area contributed by atoms with Crippen LogP contribution in [-0.4, -0.2) is 36.1 Å². The van der Waals surface area contributed by atoms with Gasteiger partial charge in [-0.3, -0.25) is 4.79 Å². The molecule has 0 N–H and O–H groups in total. The molecular weight excluding hydrogens is 202 g/mol. The topological polar surface area (TPSA) is 29.5 Å². The second kappa shape index (κ2) is 6.24. The average molecular weight is 227 g/mol. The van der Waals surface area contributed by atoms with E-state index in [1.54, 1.807) is 0 Å². The largest absolute Gasteiger partial charge is 0.368 e. The van der Waals surface area contributed by atoms with Gasteiger partial charge < -0.3 is 9.64 Å². The minimum absolute atomic E-state index is 0.160. The van der Waals surface area contributed by atoms with E-state index >= 15 is 0 Å². The number of carbonyl (C=O) groups is 1. The maximum Gasteiger partial charge on any atom is 0.251 e. The zero-order valence-electron chi connectivity index (χ0n) is 11.0. The minimum atomic E-state index is -0.289. The van der Waals surface area contributed by atoms with E-state index in [0.29, 0.717) is 18.6 Å². The third-order valence-corrected chi connectivity index (χ3v) is 3.11. The van der Waals surface area contributed by atoms with E-state index in [0.717, 1.165) is 19.4 Å². The molecule has 0 aromatic carbocycles. The van der Waals surface area contributed by atoms with E-state index in [1.165, 1.54) is 6.42 Å². The molecule has 1 aliphatic rings. The van der Waals surface area contributed by atoms with Crippen molar-refractivity contribution in [3.8, 4) is 0 Å². The van der Waals surface area contributed by atoms with E-state index in [9.17, 15) is 4.79 Å². The summed E-state index contributed by atoms with van der Waals surface area (Å²) in [6.45, 7) is 9.75. The van der Waals surface area contributed by atoms with Gasteiger partial charge in [0.1, 0.15) is 6.10 Å². The summed E-state index contributed by atoms with van der Waals surface area (Å²) >= 11 is 0. The van der Waals surface area contributed by atoms with Crippen LogP contribution in [0, 0.1) is 5.92 Å². The van der Waals surface area contributed by atoms with Crippen LogP contribution in [-0.2, 0) is 9.53 Å². The lowest BCUT2D eigenvalue weighted by Gasteiger charge is -2.35. The third-order valence-electron chi connectivity index (χ3n) is 3.11. The summed E-state index contributed by atoms with van der Waals surface area (Å²) in [7, 11) is 0. The molecule has 1 saturated heterocycles. The number of hydrogen-bond donors (Lipinski definition) is 0. The van der Waals surface area contributed by atoms with Crippen LogP contribution in [0.2, 0.25) is 0 Å². The summed E-state index contributed by atoms with van der Waals surface area (Å²) in [5.74, 6) is 0.641. The van der Waals surface area contributed by atoms with Crippen LogP contribution in [0.15, 0.2) is 0 Å². The van der Waals surface area contributed by atoms with E-state index in [2.05, 4.69) is 20.8 Å². The zero-order valence-corrected chi connectivity index (χ0v) is 11.0. The van der Waals surface area contributed by atoms with Gasteiger partial charge in [-0.1, -0.05) is 13.8 Å². The first-order chi connectivity index (χ1) is 7.52. The van der Waals surface area contributed by atoms with Gasteiger partial charge in [0.05, 0.1) is 0 Å². The first-order valence-electron chi connectivity index (χ1n) is 6.44. The predicted octanol–water partition coefficient (Wildman–Crippen LogP) is 2.45. The van der Waals surface area contributed by atoms with Crippen LogP contribution in [0.1, 0.15) is 47.0 Å². The van der Waals surface area contributed by atoms with Gasteiger partial charge in [0.2, 0.25) is 0 Å². The van der Waals surface area contributed by atoms with Crippen LogP contribution in [0.5, 0.6) is 0 Å². The van der Waals surface area contributed by atoms with Gasteiger partial charge in [-0.25, -0.2) is 0 Å². The molecule has 1 fully saturated rings. The highest BCUT2D eigenvalue weighted by atomic mass is 16.5. The molecule has 94 valence electrons. The SMILES string of the molecule is CC(C)COC(C)C(=O)N1CCCCC1C. The van der Waals surface area contributed by atoms with Crippen LogP contribution in [0.4, 0.5) is 0 Å². The molecule has 0 aromatic rings. The Kier molecular flexibility index (Phi) is 5.26. The van der Waals surface area contributed by atoms with Crippen molar-refractivity contribution in [1.82, 2.24) is 4.90 Å². The molecule has 1 aliphatic heterocycles. The molecule has 1 heterocycles. The Labute approximate surface area is 99.1 Å². The number of likely N-dealkylation sites (tertiary alicyclic amines) is 1. The molecule has 16 heavy (non-hydrogen) atoms. The summed E-state index contributed by atoms with van der Waals surface area (Å²) in [6.07, 6.45) is 3.21. The van der Waals surface area contributed by atoms with Gasteiger partial charge >= 0.3 is 0 Å². The minimum Gasteiger partial charge on any atom is -0.368 e. The number of ether oxygens (including phenoxy) is 1. The van der Waals surface area contributed by atoms with Gasteiger partial charge in [-0.15, -0.1) is 0 Å². The van der Waals surface area contributed by atoms with Crippen molar-refractivity contribution < 1.29 is 9.53 Å². The lowest BCUT2D eigenvalue weighted by molar-refractivity contribution is -0.146. The first-order valence-corrected chi connectivity index (χ1v) is 6.44. The fraction of sp³-hybridized carbons (Fsp3) is 0.923. The van der Waals surface area contributed by atoms with Crippen LogP contribution < -0.4 is 0 Å². The van der Waals surface area contributed by atoms with Crippen LogP contribution in [0.3, 0.4) is 0 Å². The summed E-state index contributed by atoms with van der Waals surface area (Å²) in [5.41, 5.74) is 0. The molecule has 1 rings (SSSR count). The molecule has 0 saturated carbocycles.